The Bertz CT molecular complexity index is 686. The molecule has 164 valence electrons. The molecular formula is C24H37F2NO2. The highest BCUT2D eigenvalue weighted by molar-refractivity contribution is 5.88. The number of rotatable bonds is 7. The first-order valence-electron chi connectivity index (χ1n) is 10.8. The van der Waals surface area contributed by atoms with Gasteiger partial charge in [-0.25, -0.2) is 8.78 Å². The van der Waals surface area contributed by atoms with Crippen LogP contribution in [0.1, 0.15) is 91.2 Å². The van der Waals surface area contributed by atoms with Crippen molar-refractivity contribution < 1.29 is 18.4 Å². The monoisotopic (exact) mass is 409 g/mol. The molecule has 1 aromatic carbocycles. The first-order chi connectivity index (χ1) is 13.6. The van der Waals surface area contributed by atoms with Crippen molar-refractivity contribution in [3.63, 3.8) is 0 Å². The average molecular weight is 410 g/mol. The zero-order chi connectivity index (χ0) is 22.4. The fourth-order valence-electron chi connectivity index (χ4n) is 3.95. The molecule has 0 amide bonds. The van der Waals surface area contributed by atoms with E-state index in [-0.39, 0.29) is 35.9 Å². The molecule has 5 heteroatoms. The molecule has 1 atom stereocenters. The van der Waals surface area contributed by atoms with Crippen LogP contribution in [0.3, 0.4) is 0 Å². The highest BCUT2D eigenvalue weighted by Crippen LogP contribution is 2.37. The number of nitrogens with zero attached hydrogens (tertiary/aromatic N) is 1. The van der Waals surface area contributed by atoms with Crippen molar-refractivity contribution in [3.05, 3.63) is 34.9 Å². The summed E-state index contributed by atoms with van der Waals surface area (Å²) < 4.78 is 29.8. The van der Waals surface area contributed by atoms with Crippen LogP contribution in [-0.2, 0) is 15.0 Å². The minimum Gasteiger partial charge on any atom is -0.301 e. The number of Topliss-reactive ketones (excluding diaryl/α,β-unsaturated/α-hetero) is 2. The normalized spacial score (nSPS) is 17.4. The molecule has 1 aromatic rings. The Hall–Kier alpha value is -1.62. The van der Waals surface area contributed by atoms with Crippen molar-refractivity contribution >= 4 is 11.6 Å². The molecule has 1 aliphatic rings. The smallest absolute Gasteiger partial charge is 0.140 e. The second kappa shape index (κ2) is 11.0. The molecule has 0 saturated carbocycles. The lowest BCUT2D eigenvalue weighted by Gasteiger charge is -2.35. The van der Waals surface area contributed by atoms with Gasteiger partial charge in [-0.2, -0.15) is 0 Å². The lowest BCUT2D eigenvalue weighted by Crippen LogP contribution is -2.38. The Morgan fingerprint density at radius 3 is 1.97 bits per heavy atom. The number of likely N-dealkylation sites (tertiary alicyclic amines) is 1. The summed E-state index contributed by atoms with van der Waals surface area (Å²) >= 11 is 0. The molecule has 0 spiro atoms. The number of ketones is 2. The van der Waals surface area contributed by atoms with E-state index in [9.17, 15) is 18.4 Å². The van der Waals surface area contributed by atoms with Crippen LogP contribution in [0.15, 0.2) is 12.1 Å². The molecule has 0 N–H and O–H groups in total. The number of halogens is 2. The highest BCUT2D eigenvalue weighted by Gasteiger charge is 2.35. The van der Waals surface area contributed by atoms with E-state index in [2.05, 4.69) is 18.7 Å². The number of piperidine rings is 1. The minimum atomic E-state index is -1.06. The van der Waals surface area contributed by atoms with Crippen molar-refractivity contribution in [1.82, 2.24) is 4.90 Å². The van der Waals surface area contributed by atoms with Gasteiger partial charge in [0.15, 0.2) is 0 Å². The van der Waals surface area contributed by atoms with Crippen LogP contribution in [0, 0.1) is 11.6 Å². The fourth-order valence-corrected chi connectivity index (χ4v) is 3.95. The molecule has 1 aliphatic heterocycles. The summed E-state index contributed by atoms with van der Waals surface area (Å²) in [6.07, 6.45) is 1.90. The Morgan fingerprint density at radius 1 is 1.10 bits per heavy atom. The number of hydrogen-bond acceptors (Lipinski definition) is 3. The zero-order valence-electron chi connectivity index (χ0n) is 19.1. The van der Waals surface area contributed by atoms with Crippen LogP contribution in [-0.4, -0.2) is 35.6 Å². The van der Waals surface area contributed by atoms with E-state index < -0.39 is 17.0 Å². The third kappa shape index (κ3) is 6.18. The second-order valence-corrected chi connectivity index (χ2v) is 8.35. The van der Waals surface area contributed by atoms with E-state index in [1.807, 2.05) is 13.8 Å². The maximum atomic E-state index is 14.9. The standard InChI is InChI=1S/C22H31F2NO2.C2H6/c1-14(2)25-10-7-17(8-11-25)21-19(23)12-18(13-20(21)24)22(5,16(4)27)9-6-15(3)26;1-2/h12-14,17H,6-11H2,1-5H3;1-2H3/t22-;/m0./s1. The molecule has 3 nitrogen and oxygen atoms in total. The molecular weight excluding hydrogens is 372 g/mol. The number of carbonyl (C=O) groups excluding carboxylic acids is 2. The van der Waals surface area contributed by atoms with Crippen LogP contribution in [0.5, 0.6) is 0 Å². The van der Waals surface area contributed by atoms with Gasteiger partial charge in [-0.1, -0.05) is 13.8 Å². The predicted molar refractivity (Wildman–Crippen MR) is 114 cm³/mol. The Kier molecular flexibility index (Phi) is 9.60. The van der Waals surface area contributed by atoms with E-state index in [0.29, 0.717) is 11.6 Å². The van der Waals surface area contributed by atoms with Gasteiger partial charge in [0.1, 0.15) is 23.2 Å². The Morgan fingerprint density at radius 2 is 1.59 bits per heavy atom. The van der Waals surface area contributed by atoms with Crippen LogP contribution in [0.4, 0.5) is 8.78 Å². The largest absolute Gasteiger partial charge is 0.301 e. The lowest BCUT2D eigenvalue weighted by atomic mass is 9.74. The number of carbonyl (C=O) groups is 2. The maximum Gasteiger partial charge on any atom is 0.140 e. The van der Waals surface area contributed by atoms with Crippen LogP contribution in [0.25, 0.3) is 0 Å². The molecule has 0 aromatic heterocycles. The summed E-state index contributed by atoms with van der Waals surface area (Å²) in [4.78, 5) is 25.9. The van der Waals surface area contributed by atoms with Gasteiger partial charge >= 0.3 is 0 Å². The molecule has 29 heavy (non-hydrogen) atoms. The molecule has 2 rings (SSSR count). The van der Waals surface area contributed by atoms with Crippen LogP contribution in [0.2, 0.25) is 0 Å². The van der Waals surface area contributed by atoms with Crippen LogP contribution < -0.4 is 0 Å². The summed E-state index contributed by atoms with van der Waals surface area (Å²) in [6, 6.07) is 3.03. The molecule has 0 aliphatic carbocycles. The third-order valence-electron chi connectivity index (χ3n) is 6.14. The van der Waals surface area contributed by atoms with Gasteiger partial charge in [0.25, 0.3) is 0 Å². The van der Waals surface area contributed by atoms with Crippen LogP contribution >= 0.6 is 0 Å². The molecule has 1 saturated heterocycles. The topological polar surface area (TPSA) is 37.4 Å². The summed E-state index contributed by atoms with van der Waals surface area (Å²) in [5.41, 5.74) is -0.610. The molecule has 1 fully saturated rings. The Balaban J connectivity index is 0.00000204. The fraction of sp³-hybridized carbons (Fsp3) is 0.667. The van der Waals surface area contributed by atoms with Gasteiger partial charge in [-0.05, 0) is 90.6 Å². The summed E-state index contributed by atoms with van der Waals surface area (Å²) in [5, 5.41) is 0. The number of hydrogen-bond donors (Lipinski definition) is 0. The number of benzene rings is 1. The lowest BCUT2D eigenvalue weighted by molar-refractivity contribution is -0.122. The van der Waals surface area contributed by atoms with Crippen molar-refractivity contribution in [2.75, 3.05) is 13.1 Å². The third-order valence-corrected chi connectivity index (χ3v) is 6.14. The molecule has 0 bridgehead atoms. The minimum absolute atomic E-state index is 0.0445. The van der Waals surface area contributed by atoms with E-state index in [1.165, 1.54) is 26.0 Å². The first kappa shape index (κ1) is 25.4. The van der Waals surface area contributed by atoms with E-state index in [1.54, 1.807) is 6.92 Å². The second-order valence-electron chi connectivity index (χ2n) is 8.35. The van der Waals surface area contributed by atoms with Gasteiger partial charge in [0, 0.05) is 18.0 Å². The van der Waals surface area contributed by atoms with Gasteiger partial charge < -0.3 is 9.69 Å². The van der Waals surface area contributed by atoms with E-state index >= 15 is 0 Å². The summed E-state index contributed by atoms with van der Waals surface area (Å²) in [5.74, 6) is -1.54. The predicted octanol–water partition coefficient (Wildman–Crippen LogP) is 5.79. The molecule has 1 heterocycles. The van der Waals surface area contributed by atoms with Crippen molar-refractivity contribution in [3.8, 4) is 0 Å². The van der Waals surface area contributed by atoms with Gasteiger partial charge in [0.2, 0.25) is 0 Å². The average Bonchev–Trinajstić information content (AvgIpc) is 2.67. The maximum absolute atomic E-state index is 14.9. The van der Waals surface area contributed by atoms with E-state index in [4.69, 9.17) is 0 Å². The summed E-state index contributed by atoms with van der Waals surface area (Å²) in [6.45, 7) is 14.4. The van der Waals surface area contributed by atoms with Gasteiger partial charge in [-0.3, -0.25) is 4.79 Å². The van der Waals surface area contributed by atoms with Gasteiger partial charge in [0.05, 0.1) is 5.41 Å². The quantitative estimate of drug-likeness (QED) is 0.572. The first-order valence-corrected chi connectivity index (χ1v) is 10.8. The highest BCUT2D eigenvalue weighted by atomic mass is 19.1. The van der Waals surface area contributed by atoms with E-state index in [0.717, 1.165) is 25.9 Å². The van der Waals surface area contributed by atoms with Crippen molar-refractivity contribution in [2.45, 2.75) is 91.5 Å². The van der Waals surface area contributed by atoms with Crippen molar-refractivity contribution in [2.24, 2.45) is 0 Å². The summed E-state index contributed by atoms with van der Waals surface area (Å²) in [7, 11) is 0. The Labute approximate surface area is 174 Å². The van der Waals surface area contributed by atoms with Crippen molar-refractivity contribution in [1.29, 1.82) is 0 Å². The SMILES string of the molecule is CC.CC(=O)CC[C@@](C)(C(C)=O)c1cc(F)c(C2CCN(C(C)C)CC2)c(F)c1. The van der Waals surface area contributed by atoms with Gasteiger partial charge in [-0.15, -0.1) is 0 Å². The zero-order valence-corrected chi connectivity index (χ0v) is 19.1. The molecule has 0 unspecified atom stereocenters. The molecule has 0 radical (unpaired) electrons.